The Hall–Kier alpha value is -4.05. The smallest absolute Gasteiger partial charge is 0.263 e. The highest BCUT2D eigenvalue weighted by molar-refractivity contribution is 7.95. The van der Waals surface area contributed by atoms with Crippen LogP contribution in [0.15, 0.2) is 61.6 Å². The SMILES string of the molecule is Cc1cc(Nc2ncc3cc(C(=O)C(C)C)c(=O)n(Cc4cnsc4S(=O)(=O)c4nccs4)c3n2)ccc1N1CCNCC1. The van der Waals surface area contributed by atoms with Crippen LogP contribution >= 0.6 is 22.9 Å². The van der Waals surface area contributed by atoms with Crippen LogP contribution in [0.25, 0.3) is 11.0 Å². The van der Waals surface area contributed by atoms with E-state index in [4.69, 9.17) is 0 Å². The number of aryl methyl sites for hydroxylation is 1. The minimum atomic E-state index is -3.94. The van der Waals surface area contributed by atoms with Crippen molar-refractivity contribution in [2.45, 2.75) is 35.9 Å². The van der Waals surface area contributed by atoms with Gasteiger partial charge in [0.05, 0.1) is 12.1 Å². The van der Waals surface area contributed by atoms with Crippen LogP contribution in [0.2, 0.25) is 0 Å². The van der Waals surface area contributed by atoms with Gasteiger partial charge in [-0.25, -0.2) is 18.4 Å². The molecule has 0 radical (unpaired) electrons. The van der Waals surface area contributed by atoms with Crippen LogP contribution in [0.4, 0.5) is 17.3 Å². The normalized spacial score (nSPS) is 14.0. The van der Waals surface area contributed by atoms with Gasteiger partial charge in [0.25, 0.3) is 5.56 Å². The highest BCUT2D eigenvalue weighted by Gasteiger charge is 2.28. The van der Waals surface area contributed by atoms with Crippen molar-refractivity contribution < 1.29 is 13.2 Å². The van der Waals surface area contributed by atoms with E-state index in [0.717, 1.165) is 60.3 Å². The molecule has 0 bridgehead atoms. The van der Waals surface area contributed by atoms with Crippen LogP contribution in [-0.2, 0) is 16.4 Å². The van der Waals surface area contributed by atoms with Crippen LogP contribution in [0.5, 0.6) is 0 Å². The van der Waals surface area contributed by atoms with Crippen molar-refractivity contribution in [2.24, 2.45) is 5.92 Å². The van der Waals surface area contributed by atoms with E-state index in [-0.39, 0.29) is 38.0 Å². The average molecular weight is 651 g/mol. The van der Waals surface area contributed by atoms with Crippen LogP contribution < -0.4 is 21.1 Å². The third-order valence-electron chi connectivity index (χ3n) is 7.35. The fraction of sp³-hybridized carbons (Fsp3) is 0.310. The molecule has 0 aliphatic carbocycles. The molecular formula is C29H30N8O4S3. The molecule has 0 saturated carbocycles. The molecule has 5 heterocycles. The second-order valence-corrected chi connectivity index (χ2v) is 14.8. The minimum Gasteiger partial charge on any atom is -0.369 e. The van der Waals surface area contributed by atoms with E-state index in [1.54, 1.807) is 25.4 Å². The number of aromatic nitrogens is 5. The maximum atomic E-state index is 13.8. The number of sulfone groups is 1. The Morgan fingerprint density at radius 2 is 1.93 bits per heavy atom. The Morgan fingerprint density at radius 3 is 2.64 bits per heavy atom. The average Bonchev–Trinajstić information content (AvgIpc) is 3.73. The molecule has 0 spiro atoms. The van der Waals surface area contributed by atoms with Gasteiger partial charge in [-0.1, -0.05) is 13.8 Å². The number of ketones is 1. The first-order chi connectivity index (χ1) is 21.1. The van der Waals surface area contributed by atoms with Gasteiger partial charge in [0.1, 0.15) is 5.65 Å². The summed E-state index contributed by atoms with van der Waals surface area (Å²) in [6, 6.07) is 7.56. The van der Waals surface area contributed by atoms with E-state index < -0.39 is 21.3 Å². The van der Waals surface area contributed by atoms with Gasteiger partial charge in [0, 0.05) is 78.4 Å². The van der Waals surface area contributed by atoms with E-state index >= 15 is 0 Å². The molecule has 0 amide bonds. The molecule has 1 fully saturated rings. The lowest BCUT2D eigenvalue weighted by Gasteiger charge is -2.30. The first kappa shape index (κ1) is 30.0. The summed E-state index contributed by atoms with van der Waals surface area (Å²) in [6.45, 7) is 9.08. The molecule has 1 aliphatic rings. The lowest BCUT2D eigenvalue weighted by molar-refractivity contribution is 0.0937. The number of hydrogen-bond donors (Lipinski definition) is 2. The summed E-state index contributed by atoms with van der Waals surface area (Å²) in [5.41, 5.74) is 3.02. The molecule has 4 aromatic heterocycles. The number of carbonyl (C=O) groups excluding carboxylic acids is 1. The van der Waals surface area contributed by atoms with Gasteiger partial charge in [0.15, 0.2) is 9.99 Å². The van der Waals surface area contributed by atoms with Crippen molar-refractivity contribution in [3.05, 3.63) is 75.3 Å². The summed E-state index contributed by atoms with van der Waals surface area (Å²) in [5.74, 6) is -0.500. The molecule has 44 heavy (non-hydrogen) atoms. The Labute approximate surface area is 261 Å². The highest BCUT2D eigenvalue weighted by atomic mass is 32.3. The monoisotopic (exact) mass is 650 g/mol. The number of benzene rings is 1. The number of Topliss-reactive ketones (excluding diaryl/α,β-unsaturated/α-hetero) is 1. The fourth-order valence-electron chi connectivity index (χ4n) is 5.15. The maximum Gasteiger partial charge on any atom is 0.263 e. The number of carbonyl (C=O) groups is 1. The van der Waals surface area contributed by atoms with E-state index in [0.29, 0.717) is 10.9 Å². The van der Waals surface area contributed by atoms with Crippen LogP contribution in [-0.4, -0.2) is 64.3 Å². The lowest BCUT2D eigenvalue weighted by atomic mass is 10.0. The predicted octanol–water partition coefficient (Wildman–Crippen LogP) is 3.89. The molecule has 6 rings (SSSR count). The van der Waals surface area contributed by atoms with Gasteiger partial charge in [-0.05, 0) is 48.3 Å². The molecule has 1 saturated heterocycles. The number of anilines is 3. The fourth-order valence-corrected chi connectivity index (χ4v) is 8.68. The van der Waals surface area contributed by atoms with Crippen molar-refractivity contribution >= 4 is 66.8 Å². The lowest BCUT2D eigenvalue weighted by Crippen LogP contribution is -2.43. The van der Waals surface area contributed by atoms with Crippen LogP contribution in [0.3, 0.4) is 0 Å². The summed E-state index contributed by atoms with van der Waals surface area (Å²) in [7, 11) is -3.94. The summed E-state index contributed by atoms with van der Waals surface area (Å²) in [6.07, 6.45) is 4.39. The molecular weight excluding hydrogens is 621 g/mol. The van der Waals surface area contributed by atoms with Gasteiger partial charge < -0.3 is 15.5 Å². The molecule has 1 aromatic carbocycles. The van der Waals surface area contributed by atoms with Crippen molar-refractivity contribution in [2.75, 3.05) is 36.4 Å². The molecule has 15 heteroatoms. The van der Waals surface area contributed by atoms with E-state index in [1.807, 2.05) is 12.1 Å². The topological polar surface area (TPSA) is 152 Å². The Balaban J connectivity index is 1.40. The molecule has 0 unspecified atom stereocenters. The number of nitrogens with zero attached hydrogens (tertiary/aromatic N) is 6. The van der Waals surface area contributed by atoms with Crippen molar-refractivity contribution in [1.29, 1.82) is 0 Å². The summed E-state index contributed by atoms with van der Waals surface area (Å²) in [5, 5.41) is 8.65. The number of thiazole rings is 1. The van der Waals surface area contributed by atoms with Crippen molar-refractivity contribution in [3.8, 4) is 0 Å². The van der Waals surface area contributed by atoms with Gasteiger partial charge in [-0.15, -0.1) is 11.3 Å². The van der Waals surface area contributed by atoms with Gasteiger partial charge in [-0.3, -0.25) is 14.2 Å². The first-order valence-electron chi connectivity index (χ1n) is 14.0. The standard InChI is InChI=1S/C29H30N8O4S3/c1-17(2)24(38)22-13-19-14-32-28(34-21-4-5-23(18(3)12-21)36-9-6-30-7-10-36)35-25(19)37(26(22)39)16-20-15-33-43-27(20)44(40,41)29-31-8-11-42-29/h4-5,8,11-15,17,30H,6-7,9-10,16H2,1-3H3,(H,32,34,35). The second-order valence-electron chi connectivity index (χ2n) is 10.7. The second kappa shape index (κ2) is 12.1. The van der Waals surface area contributed by atoms with Crippen molar-refractivity contribution in [1.82, 2.24) is 29.2 Å². The number of piperazine rings is 1. The van der Waals surface area contributed by atoms with Crippen molar-refractivity contribution in [3.63, 3.8) is 0 Å². The number of fused-ring (bicyclic) bond motifs is 1. The Bertz CT molecular complexity index is 2010. The zero-order chi connectivity index (χ0) is 31.0. The molecule has 1 aliphatic heterocycles. The van der Waals surface area contributed by atoms with Gasteiger partial charge >= 0.3 is 0 Å². The first-order valence-corrected chi connectivity index (χ1v) is 17.1. The third-order valence-corrected chi connectivity index (χ3v) is 11.7. The highest BCUT2D eigenvalue weighted by Crippen LogP contribution is 2.30. The molecule has 2 N–H and O–H groups in total. The maximum absolute atomic E-state index is 13.8. The zero-order valence-electron chi connectivity index (χ0n) is 24.3. The zero-order valence-corrected chi connectivity index (χ0v) is 26.7. The van der Waals surface area contributed by atoms with Gasteiger partial charge in [0.2, 0.25) is 20.1 Å². The predicted molar refractivity (Wildman–Crippen MR) is 171 cm³/mol. The minimum absolute atomic E-state index is 0.0107. The molecule has 5 aromatic rings. The number of rotatable bonds is 9. The molecule has 12 nitrogen and oxygen atoms in total. The quantitative estimate of drug-likeness (QED) is 0.224. The van der Waals surface area contributed by atoms with E-state index in [1.165, 1.54) is 28.7 Å². The Morgan fingerprint density at radius 1 is 1.14 bits per heavy atom. The summed E-state index contributed by atoms with van der Waals surface area (Å²) < 4.78 is 32.0. The largest absolute Gasteiger partial charge is 0.369 e. The number of pyridine rings is 1. The molecule has 228 valence electrons. The Kier molecular flexibility index (Phi) is 8.28. The van der Waals surface area contributed by atoms with E-state index in [2.05, 4.69) is 47.8 Å². The van der Waals surface area contributed by atoms with Crippen LogP contribution in [0.1, 0.15) is 35.3 Å². The number of hydrogen-bond acceptors (Lipinski definition) is 13. The van der Waals surface area contributed by atoms with E-state index in [9.17, 15) is 18.0 Å². The third kappa shape index (κ3) is 5.75. The molecule has 0 atom stereocenters. The van der Waals surface area contributed by atoms with Gasteiger partial charge in [-0.2, -0.15) is 9.36 Å². The summed E-state index contributed by atoms with van der Waals surface area (Å²) in [4.78, 5) is 42.3. The van der Waals surface area contributed by atoms with Crippen LogP contribution in [0, 0.1) is 12.8 Å². The summed E-state index contributed by atoms with van der Waals surface area (Å²) >= 11 is 1.82. The number of nitrogens with one attached hydrogen (secondary N) is 2.